The third kappa shape index (κ3) is 3.81. The monoisotopic (exact) mass is 427 g/mol. The third-order valence-corrected chi connectivity index (χ3v) is 6.20. The van der Waals surface area contributed by atoms with Crippen LogP contribution in [0.4, 0.5) is 0 Å². The van der Waals surface area contributed by atoms with Gasteiger partial charge in [-0.3, -0.25) is 4.79 Å². The molecular formula is C22H25N3O2S2. The minimum absolute atomic E-state index is 0.00759. The number of methoxy groups -OCH3 is 1. The molecule has 3 aromatic rings. The lowest BCUT2D eigenvalue weighted by molar-refractivity contribution is 0.0924. The molecule has 0 saturated heterocycles. The van der Waals surface area contributed by atoms with E-state index in [9.17, 15) is 4.79 Å². The molecular weight excluding hydrogens is 402 g/mol. The van der Waals surface area contributed by atoms with Crippen molar-refractivity contribution in [1.82, 2.24) is 14.9 Å². The molecule has 0 aliphatic carbocycles. The number of benzene rings is 1. The van der Waals surface area contributed by atoms with Gasteiger partial charge in [-0.15, -0.1) is 24.0 Å². The molecule has 0 saturated carbocycles. The highest BCUT2D eigenvalue weighted by Crippen LogP contribution is 2.42. The lowest BCUT2D eigenvalue weighted by atomic mass is 9.96. The van der Waals surface area contributed by atoms with Crippen molar-refractivity contribution in [2.24, 2.45) is 5.41 Å². The van der Waals surface area contributed by atoms with Crippen molar-refractivity contribution in [2.45, 2.75) is 38.6 Å². The predicted octanol–water partition coefficient (Wildman–Crippen LogP) is 4.91. The number of nitrogens with one attached hydrogen (secondary N) is 1. The first-order chi connectivity index (χ1) is 13.8. The molecule has 0 atom stereocenters. The molecule has 0 radical (unpaired) electrons. The number of aromatic nitrogens is 2. The maximum Gasteiger partial charge on any atom is 0.287 e. The van der Waals surface area contributed by atoms with Gasteiger partial charge in [-0.1, -0.05) is 26.8 Å². The molecule has 1 amide bonds. The maximum atomic E-state index is 13.0. The van der Waals surface area contributed by atoms with Crippen LogP contribution >= 0.6 is 24.0 Å². The Morgan fingerprint density at radius 1 is 1.38 bits per heavy atom. The predicted molar refractivity (Wildman–Crippen MR) is 120 cm³/mol. The van der Waals surface area contributed by atoms with Crippen LogP contribution in [-0.2, 0) is 13.0 Å². The highest BCUT2D eigenvalue weighted by atomic mass is 32.1. The van der Waals surface area contributed by atoms with Crippen LogP contribution in [0.1, 0.15) is 37.0 Å². The average molecular weight is 428 g/mol. The summed E-state index contributed by atoms with van der Waals surface area (Å²) in [6, 6.07) is 8.13. The Morgan fingerprint density at radius 2 is 2.17 bits per heavy atom. The number of rotatable bonds is 4. The van der Waals surface area contributed by atoms with E-state index in [0.29, 0.717) is 18.9 Å². The van der Waals surface area contributed by atoms with Gasteiger partial charge in [0, 0.05) is 23.5 Å². The number of hydrogen-bond donors (Lipinski definition) is 2. The van der Waals surface area contributed by atoms with E-state index in [1.54, 1.807) is 18.4 Å². The topological polar surface area (TPSA) is 56.1 Å². The molecule has 5 nitrogen and oxygen atoms in total. The Kier molecular flexibility index (Phi) is 5.21. The Balaban J connectivity index is 1.85. The summed E-state index contributed by atoms with van der Waals surface area (Å²) in [5.41, 5.74) is 4.08. The third-order valence-electron chi connectivity index (χ3n) is 4.97. The first-order valence-electron chi connectivity index (χ1n) is 9.61. The number of fused-ring (bicyclic) bond motifs is 3. The molecule has 4 rings (SSSR count). The van der Waals surface area contributed by atoms with Crippen molar-refractivity contribution in [3.05, 3.63) is 41.0 Å². The number of nitrogens with zero attached hydrogens (tertiary/aromatic N) is 2. The molecule has 29 heavy (non-hydrogen) atoms. The summed E-state index contributed by atoms with van der Waals surface area (Å²) in [6.07, 6.45) is 0.812. The number of thiol groups is 1. The van der Waals surface area contributed by atoms with E-state index in [2.05, 4.69) is 43.3 Å². The molecule has 1 N–H and O–H groups in total. The van der Waals surface area contributed by atoms with E-state index in [4.69, 9.17) is 9.72 Å². The van der Waals surface area contributed by atoms with Crippen molar-refractivity contribution >= 4 is 29.9 Å². The van der Waals surface area contributed by atoms with Crippen molar-refractivity contribution in [3.63, 3.8) is 0 Å². The van der Waals surface area contributed by atoms with Gasteiger partial charge in [0.05, 0.1) is 17.7 Å². The quantitative estimate of drug-likeness (QED) is 0.582. The normalized spacial score (nSPS) is 13.0. The van der Waals surface area contributed by atoms with E-state index >= 15 is 0 Å². The van der Waals surface area contributed by atoms with Crippen LogP contribution in [0.25, 0.3) is 21.8 Å². The van der Waals surface area contributed by atoms with Crippen LogP contribution in [0.15, 0.2) is 34.5 Å². The van der Waals surface area contributed by atoms with Gasteiger partial charge in [0.15, 0.2) is 5.82 Å². The van der Waals surface area contributed by atoms with Gasteiger partial charge in [0.1, 0.15) is 11.4 Å². The van der Waals surface area contributed by atoms with Gasteiger partial charge in [0.2, 0.25) is 0 Å². The van der Waals surface area contributed by atoms with Crippen LogP contribution in [0, 0.1) is 5.41 Å². The van der Waals surface area contributed by atoms with Crippen molar-refractivity contribution in [2.75, 3.05) is 13.7 Å². The molecule has 0 spiro atoms. The summed E-state index contributed by atoms with van der Waals surface area (Å²) in [4.78, 5) is 19.6. The van der Waals surface area contributed by atoms with Gasteiger partial charge in [-0.2, -0.15) is 0 Å². The van der Waals surface area contributed by atoms with Gasteiger partial charge >= 0.3 is 0 Å². The molecule has 1 aliphatic heterocycles. The Labute approximate surface area is 180 Å². The first kappa shape index (κ1) is 20.0. The summed E-state index contributed by atoms with van der Waals surface area (Å²) in [5, 5.41) is 5.08. The molecule has 7 heteroatoms. The first-order valence-corrected chi connectivity index (χ1v) is 10.9. The molecule has 2 aromatic heterocycles. The van der Waals surface area contributed by atoms with Crippen molar-refractivity contribution < 1.29 is 9.53 Å². The molecule has 3 heterocycles. The zero-order valence-electron chi connectivity index (χ0n) is 17.1. The zero-order chi connectivity index (χ0) is 20.8. The van der Waals surface area contributed by atoms with Crippen LogP contribution in [0.5, 0.6) is 5.75 Å². The summed E-state index contributed by atoms with van der Waals surface area (Å²) in [5.74, 6) is 1.10. The van der Waals surface area contributed by atoms with Gasteiger partial charge in [-0.05, 0) is 41.0 Å². The Morgan fingerprint density at radius 3 is 2.83 bits per heavy atom. The number of carbonyl (C=O) groups is 1. The van der Waals surface area contributed by atoms with E-state index < -0.39 is 0 Å². The maximum absolute atomic E-state index is 13.0. The van der Waals surface area contributed by atoms with Crippen LogP contribution in [0.2, 0.25) is 0 Å². The lowest BCUT2D eigenvalue weighted by Gasteiger charge is -2.23. The second kappa shape index (κ2) is 7.54. The van der Waals surface area contributed by atoms with Gasteiger partial charge in [0.25, 0.3) is 5.91 Å². The number of carbonyl (C=O) groups excluding carboxylic acids is 1. The van der Waals surface area contributed by atoms with Crippen molar-refractivity contribution in [3.8, 4) is 27.6 Å². The van der Waals surface area contributed by atoms with Gasteiger partial charge in [-0.25, -0.2) is 4.98 Å². The number of imidazole rings is 1. The minimum Gasteiger partial charge on any atom is -0.496 e. The zero-order valence-corrected chi connectivity index (χ0v) is 18.8. The van der Waals surface area contributed by atoms with Crippen LogP contribution < -0.4 is 10.1 Å². The van der Waals surface area contributed by atoms with Gasteiger partial charge < -0.3 is 14.6 Å². The summed E-state index contributed by atoms with van der Waals surface area (Å²) >= 11 is 6.22. The number of ether oxygens (including phenoxy) is 1. The molecule has 1 aliphatic rings. The number of hydrogen-bond acceptors (Lipinski definition) is 5. The Hall–Kier alpha value is -2.25. The van der Waals surface area contributed by atoms with E-state index in [-0.39, 0.29) is 11.3 Å². The fourth-order valence-corrected chi connectivity index (χ4v) is 4.56. The van der Waals surface area contributed by atoms with E-state index in [1.165, 1.54) is 5.56 Å². The number of aryl methyl sites for hydroxylation is 1. The minimum atomic E-state index is -0.132. The fraction of sp³-hybridized carbons (Fsp3) is 0.364. The highest BCUT2D eigenvalue weighted by molar-refractivity contribution is 7.80. The molecule has 1 aromatic carbocycles. The van der Waals surface area contributed by atoms with Crippen LogP contribution in [-0.4, -0.2) is 29.1 Å². The summed E-state index contributed by atoms with van der Waals surface area (Å²) in [7, 11) is 1.66. The average Bonchev–Trinajstić information content (AvgIpc) is 3.32. The molecule has 0 fully saturated rings. The van der Waals surface area contributed by atoms with Crippen LogP contribution in [0.3, 0.4) is 0 Å². The number of thiophene rings is 1. The Bertz CT molecular complexity index is 1060. The second-order valence-corrected chi connectivity index (χ2v) is 9.87. The molecule has 152 valence electrons. The fourth-order valence-electron chi connectivity index (χ4n) is 3.56. The molecule has 0 bridgehead atoms. The second-order valence-electron chi connectivity index (χ2n) is 8.44. The summed E-state index contributed by atoms with van der Waals surface area (Å²) < 4.78 is 7.50. The lowest BCUT2D eigenvalue weighted by Crippen LogP contribution is -2.34. The smallest absolute Gasteiger partial charge is 0.287 e. The van der Waals surface area contributed by atoms with Crippen molar-refractivity contribution in [1.29, 1.82) is 0 Å². The number of amides is 1. The molecule has 0 unspecified atom stereocenters. The standard InChI is InChI=1S/C22H25N3O2S2/c1-22(2,3)12-23-21(26)20-24-18(17-6-5-9-29-17)19-14-11-16(28)15(27-4)10-13(14)7-8-25(19)20/h5-6,9-11,28H,7-8,12H2,1-4H3,(H,23,26). The SMILES string of the molecule is COc1cc2c(cc1S)-c1c(-c3cccs3)nc(C(=O)NCC(C)(C)C)n1CC2. The van der Waals surface area contributed by atoms with E-state index in [1.807, 2.05) is 29.6 Å². The van der Waals surface area contributed by atoms with E-state index in [0.717, 1.165) is 38.9 Å². The summed E-state index contributed by atoms with van der Waals surface area (Å²) in [6.45, 7) is 7.60. The highest BCUT2D eigenvalue weighted by Gasteiger charge is 2.29. The largest absolute Gasteiger partial charge is 0.496 e.